The Balaban J connectivity index is 1.77. The van der Waals surface area contributed by atoms with E-state index in [2.05, 4.69) is 4.98 Å². The van der Waals surface area contributed by atoms with Gasteiger partial charge in [0.05, 0.1) is 18.4 Å². The molecule has 6 heteroatoms. The smallest absolute Gasteiger partial charge is 0.222 e. The Morgan fingerprint density at radius 1 is 1.12 bits per heavy atom. The van der Waals surface area contributed by atoms with Crippen LogP contribution in [0.15, 0.2) is 58.3 Å². The summed E-state index contributed by atoms with van der Waals surface area (Å²) in [6, 6.07) is 15.0. The first-order valence-corrected chi connectivity index (χ1v) is 8.78. The number of nitrogens with one attached hydrogen (secondary N) is 1. The van der Waals surface area contributed by atoms with Crippen LogP contribution < -0.4 is 10.3 Å². The number of fused-ring (bicyclic) bond motifs is 1. The van der Waals surface area contributed by atoms with Crippen LogP contribution in [0.2, 0.25) is 5.02 Å². The zero-order chi connectivity index (χ0) is 17.4. The van der Waals surface area contributed by atoms with Crippen LogP contribution in [-0.4, -0.2) is 12.1 Å². The van der Waals surface area contributed by atoms with Gasteiger partial charge in [-0.3, -0.25) is 5.41 Å². The standard InChI is InChI=1S/C19H13ClN2O2S/c1-23-14-5-2-11(3-6-14)16-10-25-19(22-16)15-9-12-8-13(20)4-7-17(12)24-18(15)21/h2-10,21H,1H3. The molecule has 25 heavy (non-hydrogen) atoms. The van der Waals surface area contributed by atoms with E-state index in [-0.39, 0.29) is 5.55 Å². The van der Waals surface area contributed by atoms with E-state index in [1.165, 1.54) is 11.3 Å². The molecule has 0 unspecified atom stereocenters. The molecule has 4 aromatic rings. The lowest BCUT2D eigenvalue weighted by Gasteiger charge is -2.02. The first kappa shape index (κ1) is 15.9. The maximum absolute atomic E-state index is 8.16. The van der Waals surface area contributed by atoms with Crippen molar-refractivity contribution in [3.8, 4) is 27.6 Å². The summed E-state index contributed by atoms with van der Waals surface area (Å²) in [7, 11) is 1.64. The summed E-state index contributed by atoms with van der Waals surface area (Å²) < 4.78 is 10.8. The SMILES string of the molecule is COc1ccc(-c2csc(-c3cc4cc(Cl)ccc4oc3=N)n2)cc1. The van der Waals surface area contributed by atoms with Gasteiger partial charge in [0.15, 0.2) is 0 Å². The van der Waals surface area contributed by atoms with Gasteiger partial charge in [0.1, 0.15) is 16.3 Å². The molecular formula is C19H13ClN2O2S. The minimum atomic E-state index is 0.0884. The van der Waals surface area contributed by atoms with Gasteiger partial charge in [0.2, 0.25) is 5.55 Å². The van der Waals surface area contributed by atoms with Gasteiger partial charge in [-0.05, 0) is 48.5 Å². The molecule has 0 spiro atoms. The van der Waals surface area contributed by atoms with Crippen molar-refractivity contribution in [1.29, 1.82) is 5.41 Å². The number of hydrogen-bond acceptors (Lipinski definition) is 5. The highest BCUT2D eigenvalue weighted by atomic mass is 35.5. The molecule has 124 valence electrons. The molecule has 0 saturated carbocycles. The number of rotatable bonds is 3. The second-order valence-electron chi connectivity index (χ2n) is 5.44. The predicted octanol–water partition coefficient (Wildman–Crippen LogP) is 5.36. The number of benzene rings is 2. The van der Waals surface area contributed by atoms with Gasteiger partial charge in [-0.2, -0.15) is 0 Å². The third-order valence-electron chi connectivity index (χ3n) is 3.85. The monoisotopic (exact) mass is 368 g/mol. The second kappa shape index (κ2) is 6.35. The summed E-state index contributed by atoms with van der Waals surface area (Å²) in [6.07, 6.45) is 0. The third-order valence-corrected chi connectivity index (χ3v) is 4.96. The molecular weight excluding hydrogens is 356 g/mol. The number of halogens is 1. The van der Waals surface area contributed by atoms with Crippen LogP contribution in [0.5, 0.6) is 5.75 Å². The normalized spacial score (nSPS) is 11.0. The quantitative estimate of drug-likeness (QED) is 0.529. The summed E-state index contributed by atoms with van der Waals surface area (Å²) in [5, 5.41) is 12.3. The van der Waals surface area contributed by atoms with Crippen molar-refractivity contribution in [1.82, 2.24) is 4.98 Å². The number of ether oxygens (including phenoxy) is 1. The van der Waals surface area contributed by atoms with E-state index in [0.717, 1.165) is 27.4 Å². The molecule has 4 nitrogen and oxygen atoms in total. The van der Waals surface area contributed by atoms with Crippen molar-refractivity contribution in [2.45, 2.75) is 0 Å². The van der Waals surface area contributed by atoms with Crippen molar-refractivity contribution >= 4 is 33.9 Å². The van der Waals surface area contributed by atoms with Crippen LogP contribution in [0.25, 0.3) is 32.8 Å². The van der Waals surface area contributed by atoms with E-state index < -0.39 is 0 Å². The van der Waals surface area contributed by atoms with E-state index >= 15 is 0 Å². The van der Waals surface area contributed by atoms with Gasteiger partial charge >= 0.3 is 0 Å². The molecule has 0 atom stereocenters. The van der Waals surface area contributed by atoms with E-state index in [4.69, 9.17) is 26.2 Å². The molecule has 0 amide bonds. The third kappa shape index (κ3) is 3.04. The van der Waals surface area contributed by atoms with Gasteiger partial charge in [-0.15, -0.1) is 11.3 Å². The summed E-state index contributed by atoms with van der Waals surface area (Å²) in [4.78, 5) is 4.66. The second-order valence-corrected chi connectivity index (χ2v) is 6.73. The summed E-state index contributed by atoms with van der Waals surface area (Å²) in [6.45, 7) is 0. The Bertz CT molecular complexity index is 1120. The maximum Gasteiger partial charge on any atom is 0.222 e. The number of aromatic nitrogens is 1. The van der Waals surface area contributed by atoms with Crippen LogP contribution >= 0.6 is 22.9 Å². The highest BCUT2D eigenvalue weighted by Gasteiger charge is 2.11. The highest BCUT2D eigenvalue weighted by molar-refractivity contribution is 7.13. The van der Waals surface area contributed by atoms with Crippen molar-refractivity contribution in [3.05, 3.63) is 64.5 Å². The molecule has 1 N–H and O–H groups in total. The minimum Gasteiger partial charge on any atom is -0.497 e. The van der Waals surface area contributed by atoms with Crippen LogP contribution in [0.1, 0.15) is 0 Å². The van der Waals surface area contributed by atoms with Crippen molar-refractivity contribution in [3.63, 3.8) is 0 Å². The zero-order valence-corrected chi connectivity index (χ0v) is 14.8. The molecule has 0 aliphatic heterocycles. The molecule has 0 fully saturated rings. The summed E-state index contributed by atoms with van der Waals surface area (Å²) in [5.41, 5.74) is 3.22. The van der Waals surface area contributed by atoms with E-state index in [0.29, 0.717) is 16.2 Å². The molecule has 4 rings (SSSR count). The largest absolute Gasteiger partial charge is 0.497 e. The topological polar surface area (TPSA) is 59.1 Å². The van der Waals surface area contributed by atoms with Crippen LogP contribution in [-0.2, 0) is 0 Å². The lowest BCUT2D eigenvalue weighted by Crippen LogP contribution is -2.02. The van der Waals surface area contributed by atoms with Gasteiger partial charge in [0.25, 0.3) is 0 Å². The Kier molecular flexibility index (Phi) is 4.03. The fraction of sp³-hybridized carbons (Fsp3) is 0.0526. The number of nitrogens with zero attached hydrogens (tertiary/aromatic N) is 1. The fourth-order valence-corrected chi connectivity index (χ4v) is 3.58. The van der Waals surface area contributed by atoms with Crippen LogP contribution in [0.3, 0.4) is 0 Å². The highest BCUT2D eigenvalue weighted by Crippen LogP contribution is 2.30. The molecule has 0 aliphatic rings. The maximum atomic E-state index is 8.16. The van der Waals surface area contributed by atoms with Crippen molar-refractivity contribution < 1.29 is 9.15 Å². The number of thiazole rings is 1. The van der Waals surface area contributed by atoms with Crippen molar-refractivity contribution in [2.24, 2.45) is 0 Å². The van der Waals surface area contributed by atoms with Gasteiger partial charge < -0.3 is 9.15 Å². The average molecular weight is 369 g/mol. The predicted molar refractivity (Wildman–Crippen MR) is 100 cm³/mol. The first-order chi connectivity index (χ1) is 12.1. The fourth-order valence-electron chi connectivity index (χ4n) is 2.56. The van der Waals surface area contributed by atoms with Crippen molar-refractivity contribution in [2.75, 3.05) is 7.11 Å². The number of hydrogen-bond donors (Lipinski definition) is 1. The summed E-state index contributed by atoms with van der Waals surface area (Å²) in [5.74, 6) is 0.804. The number of methoxy groups -OCH3 is 1. The molecule has 2 heterocycles. The van der Waals surface area contributed by atoms with E-state index in [9.17, 15) is 0 Å². The van der Waals surface area contributed by atoms with Gasteiger partial charge in [-0.1, -0.05) is 11.6 Å². The molecule has 0 bridgehead atoms. The minimum absolute atomic E-state index is 0.0884. The Morgan fingerprint density at radius 3 is 2.68 bits per heavy atom. The molecule has 0 saturated heterocycles. The Hall–Kier alpha value is -2.63. The Morgan fingerprint density at radius 2 is 1.92 bits per heavy atom. The lowest BCUT2D eigenvalue weighted by molar-refractivity contribution is 0.415. The molecule has 0 radical (unpaired) electrons. The first-order valence-electron chi connectivity index (χ1n) is 7.52. The van der Waals surface area contributed by atoms with E-state index in [1.54, 1.807) is 19.2 Å². The van der Waals surface area contributed by atoms with Gasteiger partial charge in [-0.25, -0.2) is 4.98 Å². The molecule has 2 aromatic heterocycles. The summed E-state index contributed by atoms with van der Waals surface area (Å²) >= 11 is 7.53. The van der Waals surface area contributed by atoms with Gasteiger partial charge in [0, 0.05) is 21.4 Å². The average Bonchev–Trinajstić information content (AvgIpc) is 3.11. The van der Waals surface area contributed by atoms with E-state index in [1.807, 2.05) is 41.8 Å². The zero-order valence-electron chi connectivity index (χ0n) is 13.2. The van der Waals surface area contributed by atoms with Crippen LogP contribution in [0, 0.1) is 5.41 Å². The lowest BCUT2D eigenvalue weighted by atomic mass is 10.1. The molecule has 2 aromatic carbocycles. The Labute approximate surface area is 152 Å². The molecule has 0 aliphatic carbocycles. The van der Waals surface area contributed by atoms with Crippen LogP contribution in [0.4, 0.5) is 0 Å².